The van der Waals surface area contributed by atoms with Crippen molar-refractivity contribution >= 4 is 25.8 Å². The Labute approximate surface area is 122 Å². The van der Waals surface area contributed by atoms with E-state index in [-0.39, 0.29) is 11.5 Å². The summed E-state index contributed by atoms with van der Waals surface area (Å²) in [5, 5.41) is 7.54. The van der Waals surface area contributed by atoms with Gasteiger partial charge >= 0.3 is 0 Å². The lowest BCUT2D eigenvalue weighted by Gasteiger charge is -2.11. The van der Waals surface area contributed by atoms with Crippen molar-refractivity contribution in [1.29, 1.82) is 0 Å². The molecule has 0 saturated carbocycles. The maximum Gasteiger partial charge on any atom is 0.238 e. The van der Waals surface area contributed by atoms with Gasteiger partial charge in [-0.15, -0.1) is 0 Å². The quantitative estimate of drug-likeness (QED) is 0.720. The summed E-state index contributed by atoms with van der Waals surface area (Å²) in [6.07, 6.45) is 0.949. The van der Waals surface area contributed by atoms with Crippen LogP contribution in [0.1, 0.15) is 11.6 Å². The predicted octanol–water partition coefficient (Wildman–Crippen LogP) is -1.07. The van der Waals surface area contributed by atoms with E-state index >= 15 is 0 Å². The number of carbonyl (C=O) groups is 1. The largest absolute Gasteiger partial charge is 0.491 e. The molecule has 1 atom stereocenters. The molecule has 0 aliphatic carbocycles. The number of sulfone groups is 1. The second kappa shape index (κ2) is 5.28. The Kier molecular flexibility index (Phi) is 3.95. The molecule has 116 valence electrons. The molecule has 1 aliphatic rings. The number of sulfonamides is 1. The molecule has 8 nitrogen and oxygen atoms in total. The summed E-state index contributed by atoms with van der Waals surface area (Å²) < 4.78 is 50.1. The second-order valence-electron chi connectivity index (χ2n) is 4.75. The first-order valence-corrected chi connectivity index (χ1v) is 9.43. The number of nitrogens with one attached hydrogen (secondary N) is 1. The van der Waals surface area contributed by atoms with Crippen molar-refractivity contribution in [2.24, 2.45) is 5.14 Å². The molecule has 1 aromatic carbocycles. The number of rotatable bonds is 4. The third-order valence-electron chi connectivity index (χ3n) is 2.82. The van der Waals surface area contributed by atoms with Crippen LogP contribution in [0.25, 0.3) is 0 Å². The summed E-state index contributed by atoms with van der Waals surface area (Å²) >= 11 is 0. The summed E-state index contributed by atoms with van der Waals surface area (Å²) in [5.41, 5.74) is 0.448. The van der Waals surface area contributed by atoms with Gasteiger partial charge in [0.1, 0.15) is 18.1 Å². The van der Waals surface area contributed by atoms with Crippen LogP contribution in [-0.2, 0) is 24.7 Å². The van der Waals surface area contributed by atoms with Gasteiger partial charge in [0.15, 0.2) is 9.84 Å². The van der Waals surface area contributed by atoms with Gasteiger partial charge in [-0.3, -0.25) is 4.79 Å². The van der Waals surface area contributed by atoms with E-state index in [1.807, 2.05) is 0 Å². The zero-order valence-electron chi connectivity index (χ0n) is 11.1. The van der Waals surface area contributed by atoms with Gasteiger partial charge < -0.3 is 10.1 Å². The number of ether oxygens (including phenoxy) is 1. The smallest absolute Gasteiger partial charge is 0.238 e. The van der Waals surface area contributed by atoms with Gasteiger partial charge in [0.25, 0.3) is 0 Å². The van der Waals surface area contributed by atoms with Crippen LogP contribution in [0.5, 0.6) is 5.75 Å². The van der Waals surface area contributed by atoms with Crippen LogP contribution < -0.4 is 15.2 Å². The van der Waals surface area contributed by atoms with Gasteiger partial charge in [-0.25, -0.2) is 22.0 Å². The molecule has 1 heterocycles. The Hall–Kier alpha value is -1.65. The number of hydrogen-bond acceptors (Lipinski definition) is 6. The lowest BCUT2D eigenvalue weighted by molar-refractivity contribution is -0.119. The zero-order chi connectivity index (χ0) is 15.8. The number of carbonyl (C=O) groups excluding carboxylic acids is 1. The molecule has 0 aromatic heterocycles. The van der Waals surface area contributed by atoms with Gasteiger partial charge in [-0.2, -0.15) is 0 Å². The van der Waals surface area contributed by atoms with Crippen LogP contribution in [0.15, 0.2) is 23.1 Å². The maximum atomic E-state index is 11.6. The van der Waals surface area contributed by atoms with Crippen LogP contribution in [-0.4, -0.2) is 41.4 Å². The number of hydrogen-bond donors (Lipinski definition) is 2. The summed E-state index contributed by atoms with van der Waals surface area (Å²) in [6.45, 7) is 0.0961. The van der Waals surface area contributed by atoms with E-state index in [1.165, 1.54) is 18.2 Å². The number of amides is 1. The number of primary sulfonamides is 1. The second-order valence-corrected chi connectivity index (χ2v) is 8.45. The summed E-state index contributed by atoms with van der Waals surface area (Å²) in [6, 6.07) is 3.44. The van der Waals surface area contributed by atoms with Gasteiger partial charge in [0, 0.05) is 11.8 Å². The van der Waals surface area contributed by atoms with E-state index in [9.17, 15) is 21.6 Å². The highest BCUT2D eigenvalue weighted by molar-refractivity contribution is 7.91. The van der Waals surface area contributed by atoms with Gasteiger partial charge in [0.05, 0.1) is 10.9 Å². The highest BCUT2D eigenvalue weighted by Crippen LogP contribution is 2.33. The molecule has 2 rings (SSSR count). The Morgan fingerprint density at radius 1 is 1.38 bits per heavy atom. The topological polar surface area (TPSA) is 133 Å². The Bertz CT molecular complexity index is 785. The highest BCUT2D eigenvalue weighted by Gasteiger charge is 2.28. The molecule has 0 radical (unpaired) electrons. The molecule has 10 heteroatoms. The summed E-state index contributed by atoms with van der Waals surface area (Å²) in [7, 11) is -7.31. The van der Waals surface area contributed by atoms with Crippen LogP contribution in [0, 0.1) is 0 Å². The molecule has 0 bridgehead atoms. The molecular formula is C11H14N2O6S2. The molecule has 3 N–H and O–H groups in total. The van der Waals surface area contributed by atoms with Crippen LogP contribution in [0.3, 0.4) is 0 Å². The van der Waals surface area contributed by atoms with Crippen LogP contribution in [0.4, 0.5) is 0 Å². The minimum atomic E-state index is -3.87. The fourth-order valence-corrected chi connectivity index (χ4v) is 3.07. The van der Waals surface area contributed by atoms with E-state index in [0.29, 0.717) is 11.3 Å². The predicted molar refractivity (Wildman–Crippen MR) is 73.9 cm³/mol. The minimum Gasteiger partial charge on any atom is -0.491 e. The average Bonchev–Trinajstić information content (AvgIpc) is 2.68. The van der Waals surface area contributed by atoms with Crippen molar-refractivity contribution in [3.63, 3.8) is 0 Å². The Balaban J connectivity index is 2.23. The third-order valence-corrected chi connectivity index (χ3v) is 4.52. The Morgan fingerprint density at radius 3 is 2.62 bits per heavy atom. The highest BCUT2D eigenvalue weighted by atomic mass is 32.2. The van der Waals surface area contributed by atoms with E-state index in [4.69, 9.17) is 9.88 Å². The SMILES string of the molecule is CS(=O)(=O)CC(=O)NC1COc2ccc(S(N)(=O)=O)cc21. The van der Waals surface area contributed by atoms with Crippen molar-refractivity contribution in [1.82, 2.24) is 5.32 Å². The zero-order valence-corrected chi connectivity index (χ0v) is 12.7. The van der Waals surface area contributed by atoms with E-state index < -0.39 is 37.6 Å². The fourth-order valence-electron chi connectivity index (χ4n) is 1.96. The fraction of sp³-hybridized carbons (Fsp3) is 0.364. The molecular weight excluding hydrogens is 320 g/mol. The third kappa shape index (κ3) is 3.93. The Morgan fingerprint density at radius 2 is 2.05 bits per heavy atom. The van der Waals surface area contributed by atoms with E-state index in [1.54, 1.807) is 0 Å². The number of fused-ring (bicyclic) bond motifs is 1. The van der Waals surface area contributed by atoms with Gasteiger partial charge in [-0.1, -0.05) is 0 Å². The lowest BCUT2D eigenvalue weighted by atomic mass is 10.1. The first kappa shape index (κ1) is 15.7. The van der Waals surface area contributed by atoms with Crippen molar-refractivity contribution in [3.05, 3.63) is 23.8 Å². The molecule has 1 aliphatic heterocycles. The van der Waals surface area contributed by atoms with Crippen molar-refractivity contribution in [3.8, 4) is 5.75 Å². The number of nitrogens with two attached hydrogens (primary N) is 1. The molecule has 1 aromatic rings. The monoisotopic (exact) mass is 334 g/mol. The summed E-state index contributed by atoms with van der Waals surface area (Å²) in [4.78, 5) is 11.5. The lowest BCUT2D eigenvalue weighted by Crippen LogP contribution is -2.34. The molecule has 0 saturated heterocycles. The van der Waals surface area contributed by atoms with Crippen LogP contribution >= 0.6 is 0 Å². The first-order valence-electron chi connectivity index (χ1n) is 5.83. The van der Waals surface area contributed by atoms with Gasteiger partial charge in [-0.05, 0) is 18.2 Å². The van der Waals surface area contributed by atoms with Crippen molar-refractivity contribution in [2.75, 3.05) is 18.6 Å². The average molecular weight is 334 g/mol. The van der Waals surface area contributed by atoms with Crippen molar-refractivity contribution in [2.45, 2.75) is 10.9 Å². The van der Waals surface area contributed by atoms with E-state index in [0.717, 1.165) is 6.26 Å². The van der Waals surface area contributed by atoms with Gasteiger partial charge in [0.2, 0.25) is 15.9 Å². The minimum absolute atomic E-state index is 0.0961. The van der Waals surface area contributed by atoms with E-state index in [2.05, 4.69) is 5.32 Å². The maximum absolute atomic E-state index is 11.6. The van der Waals surface area contributed by atoms with Crippen molar-refractivity contribution < 1.29 is 26.4 Å². The normalized spacial score (nSPS) is 17.9. The molecule has 1 unspecified atom stereocenters. The summed E-state index contributed by atoms with van der Waals surface area (Å²) in [5.74, 6) is -0.903. The molecule has 1 amide bonds. The molecule has 0 spiro atoms. The molecule has 0 fully saturated rings. The standard InChI is InChI=1S/C11H14N2O6S2/c1-20(15,16)6-11(14)13-9-5-19-10-3-2-7(4-8(9)10)21(12,17)18/h2-4,9H,5-6H2,1H3,(H,13,14)(H2,12,17,18). The molecule has 21 heavy (non-hydrogen) atoms. The van der Waals surface area contributed by atoms with Crippen LogP contribution in [0.2, 0.25) is 0 Å². The first-order chi connectivity index (χ1) is 9.56. The number of benzene rings is 1.